The molecule has 0 spiro atoms. The lowest BCUT2D eigenvalue weighted by atomic mass is 10.2. The summed E-state index contributed by atoms with van der Waals surface area (Å²) in [7, 11) is 3.50. The molecule has 2 rings (SSSR count). The molecule has 0 radical (unpaired) electrons. The normalized spacial score (nSPS) is 13.5. The first-order valence-corrected chi connectivity index (χ1v) is 7.20. The second kappa shape index (κ2) is 8.15. The first-order chi connectivity index (χ1) is 10.1. The third-order valence-corrected chi connectivity index (χ3v) is 2.94. The smallest absolute Gasteiger partial charge is 0.267 e. The zero-order valence-electron chi connectivity index (χ0n) is 13.4. The summed E-state index contributed by atoms with van der Waals surface area (Å²) in [5.41, 5.74) is 1.74. The molecule has 1 aromatic rings. The van der Waals surface area contributed by atoms with Gasteiger partial charge in [0, 0.05) is 26.7 Å². The van der Waals surface area contributed by atoms with Crippen LogP contribution in [0, 0.1) is 6.92 Å². The fourth-order valence-electron chi connectivity index (χ4n) is 1.88. The summed E-state index contributed by atoms with van der Waals surface area (Å²) in [5.74, 6) is 1.37. The van der Waals surface area contributed by atoms with Crippen LogP contribution in [0.1, 0.15) is 19.4 Å². The highest BCUT2D eigenvalue weighted by Crippen LogP contribution is 2.20. The summed E-state index contributed by atoms with van der Waals surface area (Å²) in [5, 5.41) is 2.63. The lowest BCUT2D eigenvalue weighted by molar-refractivity contribution is -0.118. The van der Waals surface area contributed by atoms with Crippen molar-refractivity contribution >= 4 is 5.91 Å². The number of hydrogen-bond donors (Lipinski definition) is 1. The van der Waals surface area contributed by atoms with E-state index in [-0.39, 0.29) is 5.91 Å². The average molecular weight is 288 g/mol. The maximum atomic E-state index is 11.7. The minimum atomic E-state index is -0.110. The number of nitrogens with zero attached hydrogens (tertiary/aromatic N) is 1. The van der Waals surface area contributed by atoms with Gasteiger partial charge in [-0.2, -0.15) is 0 Å². The van der Waals surface area contributed by atoms with E-state index in [1.54, 1.807) is 13.1 Å². The Bertz CT molecular complexity index is 547. The van der Waals surface area contributed by atoms with Gasteiger partial charge in [-0.15, -0.1) is 0 Å². The van der Waals surface area contributed by atoms with Crippen molar-refractivity contribution in [1.29, 1.82) is 0 Å². The van der Waals surface area contributed by atoms with Crippen LogP contribution in [0.4, 0.5) is 0 Å². The summed E-state index contributed by atoms with van der Waals surface area (Å²) in [6, 6.07) is 7.83. The largest absolute Gasteiger partial charge is 0.458 e. The van der Waals surface area contributed by atoms with Gasteiger partial charge in [0.1, 0.15) is 17.2 Å². The Morgan fingerprint density at radius 2 is 2.05 bits per heavy atom. The molecule has 1 aliphatic rings. The van der Waals surface area contributed by atoms with E-state index in [1.165, 1.54) is 0 Å². The molecule has 4 nitrogen and oxygen atoms in total. The van der Waals surface area contributed by atoms with Crippen LogP contribution < -0.4 is 10.1 Å². The van der Waals surface area contributed by atoms with E-state index in [1.807, 2.05) is 63.1 Å². The molecule has 0 aliphatic carbocycles. The van der Waals surface area contributed by atoms with Crippen LogP contribution in [-0.2, 0) is 4.79 Å². The van der Waals surface area contributed by atoms with Crippen molar-refractivity contribution in [2.75, 3.05) is 20.6 Å². The predicted octanol–water partition coefficient (Wildman–Crippen LogP) is 2.86. The third kappa shape index (κ3) is 4.67. The van der Waals surface area contributed by atoms with Gasteiger partial charge >= 0.3 is 0 Å². The van der Waals surface area contributed by atoms with Gasteiger partial charge in [-0.05, 0) is 30.7 Å². The van der Waals surface area contributed by atoms with Gasteiger partial charge in [0.2, 0.25) is 0 Å². The fraction of sp³-hybridized carbons (Fsp3) is 0.353. The molecular formula is C17H24N2O2. The molecule has 1 N–H and O–H groups in total. The topological polar surface area (TPSA) is 41.6 Å². The molecule has 0 aromatic heterocycles. The zero-order chi connectivity index (χ0) is 15.8. The van der Waals surface area contributed by atoms with Crippen LogP contribution in [0.25, 0.3) is 0 Å². The van der Waals surface area contributed by atoms with E-state index in [4.69, 9.17) is 4.74 Å². The fourth-order valence-corrected chi connectivity index (χ4v) is 1.88. The number of aryl methyl sites for hydroxylation is 1. The van der Waals surface area contributed by atoms with Crippen molar-refractivity contribution in [3.05, 3.63) is 53.4 Å². The summed E-state index contributed by atoms with van der Waals surface area (Å²) in [6.45, 7) is 6.67. The molecule has 0 unspecified atom stereocenters. The van der Waals surface area contributed by atoms with Crippen LogP contribution in [0.2, 0.25) is 0 Å². The molecule has 0 saturated heterocycles. The van der Waals surface area contributed by atoms with Crippen LogP contribution in [0.5, 0.6) is 5.75 Å². The van der Waals surface area contributed by atoms with Crippen molar-refractivity contribution in [3.63, 3.8) is 0 Å². The van der Waals surface area contributed by atoms with Crippen molar-refractivity contribution in [1.82, 2.24) is 10.2 Å². The number of benzene rings is 1. The Morgan fingerprint density at radius 3 is 2.67 bits per heavy atom. The maximum Gasteiger partial charge on any atom is 0.267 e. The first-order valence-electron chi connectivity index (χ1n) is 7.20. The lowest BCUT2D eigenvalue weighted by Gasteiger charge is -2.24. The molecule has 21 heavy (non-hydrogen) atoms. The van der Waals surface area contributed by atoms with Gasteiger partial charge < -0.3 is 15.0 Å². The van der Waals surface area contributed by atoms with Crippen molar-refractivity contribution in [2.24, 2.45) is 0 Å². The SMILES string of the molecule is CC.CNC(=O)C1=CC(Oc2cccc(C)c2)=CCN1C. The lowest BCUT2D eigenvalue weighted by Crippen LogP contribution is -2.33. The number of ether oxygens (including phenoxy) is 1. The molecule has 1 heterocycles. The van der Waals surface area contributed by atoms with E-state index >= 15 is 0 Å². The van der Waals surface area contributed by atoms with E-state index in [0.29, 0.717) is 18.0 Å². The van der Waals surface area contributed by atoms with Crippen molar-refractivity contribution < 1.29 is 9.53 Å². The number of amides is 1. The highest BCUT2D eigenvalue weighted by molar-refractivity contribution is 5.93. The number of carbonyl (C=O) groups is 1. The second-order valence-corrected chi connectivity index (χ2v) is 4.51. The number of hydrogen-bond acceptors (Lipinski definition) is 3. The molecule has 1 amide bonds. The molecule has 0 saturated carbocycles. The monoisotopic (exact) mass is 288 g/mol. The van der Waals surface area contributed by atoms with E-state index in [2.05, 4.69) is 5.32 Å². The predicted molar refractivity (Wildman–Crippen MR) is 86.0 cm³/mol. The molecule has 0 fully saturated rings. The van der Waals surface area contributed by atoms with Gasteiger partial charge in [0.15, 0.2) is 0 Å². The molecule has 1 aromatic carbocycles. The summed E-state index contributed by atoms with van der Waals surface area (Å²) < 4.78 is 5.79. The molecule has 0 bridgehead atoms. The zero-order valence-corrected chi connectivity index (χ0v) is 13.4. The van der Waals surface area contributed by atoms with E-state index in [0.717, 1.165) is 11.3 Å². The molecule has 1 aliphatic heterocycles. The van der Waals surface area contributed by atoms with Gasteiger partial charge in [-0.25, -0.2) is 0 Å². The summed E-state index contributed by atoms with van der Waals surface area (Å²) in [6.07, 6.45) is 3.71. The number of carbonyl (C=O) groups excluding carboxylic acids is 1. The molecule has 114 valence electrons. The van der Waals surface area contributed by atoms with Crippen LogP contribution in [0.3, 0.4) is 0 Å². The summed E-state index contributed by atoms with van der Waals surface area (Å²) in [4.78, 5) is 13.6. The Morgan fingerprint density at radius 1 is 1.33 bits per heavy atom. The number of rotatable bonds is 3. The Hall–Kier alpha value is -2.23. The highest BCUT2D eigenvalue weighted by atomic mass is 16.5. The Labute approximate surface area is 127 Å². The highest BCUT2D eigenvalue weighted by Gasteiger charge is 2.17. The standard InChI is InChI=1S/C15H18N2O2.C2H6/c1-11-5-4-6-12(9-11)19-13-7-8-17(3)14(10-13)15(18)16-2;1-2/h4-7,9-10H,8H2,1-3H3,(H,16,18);1-2H3. The third-order valence-electron chi connectivity index (χ3n) is 2.94. The number of likely N-dealkylation sites (N-methyl/N-ethyl adjacent to an activating group) is 2. The van der Waals surface area contributed by atoms with Crippen LogP contribution in [0.15, 0.2) is 47.9 Å². The molecule has 4 heteroatoms. The Balaban J connectivity index is 0.00000106. The first kappa shape index (κ1) is 16.8. The van der Waals surface area contributed by atoms with Crippen LogP contribution in [-0.4, -0.2) is 31.4 Å². The average Bonchev–Trinajstić information content (AvgIpc) is 2.50. The van der Waals surface area contributed by atoms with Crippen LogP contribution >= 0.6 is 0 Å². The Kier molecular flexibility index (Phi) is 6.53. The second-order valence-electron chi connectivity index (χ2n) is 4.51. The minimum Gasteiger partial charge on any atom is -0.458 e. The van der Waals surface area contributed by atoms with Gasteiger partial charge in [-0.3, -0.25) is 4.79 Å². The van der Waals surface area contributed by atoms with Gasteiger partial charge in [0.25, 0.3) is 5.91 Å². The van der Waals surface area contributed by atoms with Gasteiger partial charge in [-0.1, -0.05) is 26.0 Å². The number of nitrogens with one attached hydrogen (secondary N) is 1. The van der Waals surface area contributed by atoms with E-state index in [9.17, 15) is 4.79 Å². The molecule has 0 atom stereocenters. The summed E-state index contributed by atoms with van der Waals surface area (Å²) >= 11 is 0. The van der Waals surface area contributed by atoms with Gasteiger partial charge in [0.05, 0.1) is 0 Å². The van der Waals surface area contributed by atoms with E-state index < -0.39 is 0 Å². The minimum absolute atomic E-state index is 0.110. The van der Waals surface area contributed by atoms with Crippen molar-refractivity contribution in [2.45, 2.75) is 20.8 Å². The van der Waals surface area contributed by atoms with Crippen molar-refractivity contribution in [3.8, 4) is 5.75 Å². The number of allylic oxidation sites excluding steroid dienone is 1. The molecular weight excluding hydrogens is 264 g/mol. The quantitative estimate of drug-likeness (QED) is 0.930. The maximum absolute atomic E-state index is 11.7.